The second-order valence-corrected chi connectivity index (χ2v) is 5.49. The predicted octanol–water partition coefficient (Wildman–Crippen LogP) is 2.96. The summed E-state index contributed by atoms with van der Waals surface area (Å²) in [6, 6.07) is 10.8. The number of nitrogens with zero attached hydrogens (tertiary/aromatic N) is 3. The Labute approximate surface area is 134 Å². The molecule has 3 rings (SSSR count). The van der Waals surface area contributed by atoms with Crippen molar-refractivity contribution < 1.29 is 9.18 Å². The fraction of sp³-hybridized carbons (Fsp3) is 0.294. The van der Waals surface area contributed by atoms with E-state index in [1.54, 1.807) is 11.1 Å². The number of amides is 2. The van der Waals surface area contributed by atoms with E-state index in [4.69, 9.17) is 0 Å². The summed E-state index contributed by atoms with van der Waals surface area (Å²) in [6.07, 6.45) is 3.68. The van der Waals surface area contributed by atoms with Gasteiger partial charge in [0, 0.05) is 37.9 Å². The molecule has 1 aliphatic heterocycles. The van der Waals surface area contributed by atoms with Crippen LogP contribution in [0.4, 0.5) is 20.6 Å². The molecule has 23 heavy (non-hydrogen) atoms. The third kappa shape index (κ3) is 3.97. The summed E-state index contributed by atoms with van der Waals surface area (Å²) in [4.78, 5) is 20.1. The van der Waals surface area contributed by atoms with E-state index < -0.39 is 0 Å². The standard InChI is InChI=1S/C17H19FN4O/c18-14-11-16(13-19-12-14)21-7-4-8-22(10-9-21)17(23)20-15-5-2-1-3-6-15/h1-3,5-6,11-13H,4,7-10H2,(H,20,23). The van der Waals surface area contributed by atoms with E-state index in [2.05, 4.69) is 15.2 Å². The average molecular weight is 314 g/mol. The molecule has 2 heterocycles. The summed E-state index contributed by atoms with van der Waals surface area (Å²) < 4.78 is 13.3. The number of anilines is 2. The minimum atomic E-state index is -0.342. The molecule has 1 aliphatic rings. The van der Waals surface area contributed by atoms with Gasteiger partial charge in [-0.1, -0.05) is 18.2 Å². The molecule has 1 saturated heterocycles. The number of urea groups is 1. The first-order valence-corrected chi connectivity index (χ1v) is 7.69. The lowest BCUT2D eigenvalue weighted by molar-refractivity contribution is 0.215. The number of hydrogen-bond donors (Lipinski definition) is 1. The first kappa shape index (κ1) is 15.3. The van der Waals surface area contributed by atoms with E-state index in [-0.39, 0.29) is 11.8 Å². The SMILES string of the molecule is O=C(Nc1ccccc1)N1CCCN(c2cncc(F)c2)CC1. The molecule has 0 bridgehead atoms. The molecular weight excluding hydrogens is 295 g/mol. The molecule has 2 amide bonds. The molecule has 0 unspecified atom stereocenters. The maximum Gasteiger partial charge on any atom is 0.321 e. The first-order chi connectivity index (χ1) is 11.2. The van der Waals surface area contributed by atoms with Gasteiger partial charge in [-0.3, -0.25) is 4.98 Å². The summed E-state index contributed by atoms with van der Waals surface area (Å²) in [5.74, 6) is -0.342. The van der Waals surface area contributed by atoms with Gasteiger partial charge in [-0.25, -0.2) is 9.18 Å². The highest BCUT2D eigenvalue weighted by molar-refractivity contribution is 5.89. The topological polar surface area (TPSA) is 48.5 Å². The van der Waals surface area contributed by atoms with E-state index in [0.29, 0.717) is 19.6 Å². The Morgan fingerprint density at radius 2 is 1.91 bits per heavy atom. The van der Waals surface area contributed by atoms with Gasteiger partial charge < -0.3 is 15.1 Å². The molecule has 2 aromatic rings. The van der Waals surface area contributed by atoms with E-state index in [0.717, 1.165) is 24.3 Å². The number of benzene rings is 1. The van der Waals surface area contributed by atoms with Gasteiger partial charge >= 0.3 is 6.03 Å². The van der Waals surface area contributed by atoms with E-state index >= 15 is 0 Å². The fourth-order valence-corrected chi connectivity index (χ4v) is 2.68. The van der Waals surface area contributed by atoms with Gasteiger partial charge in [-0.2, -0.15) is 0 Å². The number of hydrogen-bond acceptors (Lipinski definition) is 3. The zero-order chi connectivity index (χ0) is 16.1. The van der Waals surface area contributed by atoms with Gasteiger partial charge in [0.25, 0.3) is 0 Å². The number of pyridine rings is 1. The van der Waals surface area contributed by atoms with Gasteiger partial charge in [0.15, 0.2) is 0 Å². The number of carbonyl (C=O) groups is 1. The van der Waals surface area contributed by atoms with E-state index in [1.807, 2.05) is 30.3 Å². The van der Waals surface area contributed by atoms with Crippen LogP contribution < -0.4 is 10.2 Å². The van der Waals surface area contributed by atoms with Crippen LogP contribution in [0.25, 0.3) is 0 Å². The van der Waals surface area contributed by atoms with E-state index in [1.165, 1.54) is 12.3 Å². The molecule has 1 aromatic carbocycles. The van der Waals surface area contributed by atoms with Crippen LogP contribution in [0.1, 0.15) is 6.42 Å². The molecule has 0 atom stereocenters. The highest BCUT2D eigenvalue weighted by Gasteiger charge is 2.19. The van der Waals surface area contributed by atoms with Crippen LogP contribution in [-0.2, 0) is 0 Å². The molecule has 0 spiro atoms. The molecule has 0 saturated carbocycles. The van der Waals surface area contributed by atoms with Gasteiger partial charge in [0.2, 0.25) is 0 Å². The Bertz CT molecular complexity index is 665. The average Bonchev–Trinajstić information content (AvgIpc) is 2.82. The maximum atomic E-state index is 13.3. The molecule has 0 aliphatic carbocycles. The third-order valence-electron chi connectivity index (χ3n) is 3.86. The number of nitrogens with one attached hydrogen (secondary N) is 1. The van der Waals surface area contributed by atoms with Crippen molar-refractivity contribution in [1.29, 1.82) is 0 Å². The second kappa shape index (κ2) is 7.09. The van der Waals surface area contributed by atoms with Crippen molar-refractivity contribution in [2.75, 3.05) is 36.4 Å². The van der Waals surface area contributed by atoms with Gasteiger partial charge in [-0.15, -0.1) is 0 Å². The summed E-state index contributed by atoms with van der Waals surface area (Å²) in [5, 5.41) is 2.90. The largest absolute Gasteiger partial charge is 0.368 e. The van der Waals surface area contributed by atoms with Crippen LogP contribution in [-0.4, -0.2) is 42.1 Å². The molecule has 6 heteroatoms. The summed E-state index contributed by atoms with van der Waals surface area (Å²) in [7, 11) is 0. The maximum absolute atomic E-state index is 13.3. The molecule has 5 nitrogen and oxygen atoms in total. The lowest BCUT2D eigenvalue weighted by Crippen LogP contribution is -2.38. The minimum Gasteiger partial charge on any atom is -0.368 e. The number of carbonyl (C=O) groups excluding carboxylic acids is 1. The Kier molecular flexibility index (Phi) is 4.71. The summed E-state index contributed by atoms with van der Waals surface area (Å²) in [6.45, 7) is 2.71. The molecule has 1 aromatic heterocycles. The van der Waals surface area contributed by atoms with Crippen LogP contribution in [0.15, 0.2) is 48.8 Å². The van der Waals surface area contributed by atoms with Crippen LogP contribution in [0, 0.1) is 5.82 Å². The number of aromatic nitrogens is 1. The zero-order valence-corrected chi connectivity index (χ0v) is 12.8. The van der Waals surface area contributed by atoms with E-state index in [9.17, 15) is 9.18 Å². The highest BCUT2D eigenvalue weighted by atomic mass is 19.1. The van der Waals surface area contributed by atoms with Crippen molar-refractivity contribution in [2.45, 2.75) is 6.42 Å². The lowest BCUT2D eigenvalue weighted by Gasteiger charge is -2.23. The van der Waals surface area contributed by atoms with Crippen LogP contribution in [0.3, 0.4) is 0 Å². The second-order valence-electron chi connectivity index (χ2n) is 5.49. The molecule has 1 N–H and O–H groups in total. The Morgan fingerprint density at radius 1 is 1.09 bits per heavy atom. The number of halogens is 1. The Hall–Kier alpha value is -2.63. The smallest absolute Gasteiger partial charge is 0.321 e. The number of rotatable bonds is 2. The third-order valence-corrected chi connectivity index (χ3v) is 3.86. The molecule has 120 valence electrons. The molecule has 0 radical (unpaired) electrons. The van der Waals surface area contributed by atoms with Crippen LogP contribution in [0.2, 0.25) is 0 Å². The summed E-state index contributed by atoms with van der Waals surface area (Å²) in [5.41, 5.74) is 1.54. The molecular formula is C17H19FN4O. The first-order valence-electron chi connectivity index (χ1n) is 7.69. The van der Waals surface area contributed by atoms with Crippen LogP contribution in [0.5, 0.6) is 0 Å². The zero-order valence-electron chi connectivity index (χ0n) is 12.8. The van der Waals surface area contributed by atoms with Crippen molar-refractivity contribution >= 4 is 17.4 Å². The fourth-order valence-electron chi connectivity index (χ4n) is 2.68. The molecule has 1 fully saturated rings. The summed E-state index contributed by atoms with van der Waals surface area (Å²) >= 11 is 0. The van der Waals surface area contributed by atoms with Crippen molar-refractivity contribution in [1.82, 2.24) is 9.88 Å². The Balaban J connectivity index is 1.61. The van der Waals surface area contributed by atoms with Gasteiger partial charge in [0.05, 0.1) is 18.1 Å². The predicted molar refractivity (Wildman–Crippen MR) is 88.1 cm³/mol. The normalized spacial score (nSPS) is 15.2. The van der Waals surface area contributed by atoms with Crippen LogP contribution >= 0.6 is 0 Å². The van der Waals surface area contributed by atoms with Crippen molar-refractivity contribution in [3.8, 4) is 0 Å². The lowest BCUT2D eigenvalue weighted by atomic mass is 10.3. The quantitative estimate of drug-likeness (QED) is 0.927. The van der Waals surface area contributed by atoms with Crippen molar-refractivity contribution in [2.24, 2.45) is 0 Å². The van der Waals surface area contributed by atoms with Gasteiger partial charge in [0.1, 0.15) is 5.82 Å². The minimum absolute atomic E-state index is 0.101. The van der Waals surface area contributed by atoms with Gasteiger partial charge in [-0.05, 0) is 18.6 Å². The van der Waals surface area contributed by atoms with Crippen molar-refractivity contribution in [3.63, 3.8) is 0 Å². The Morgan fingerprint density at radius 3 is 2.70 bits per heavy atom. The van der Waals surface area contributed by atoms with Crippen molar-refractivity contribution in [3.05, 3.63) is 54.6 Å². The highest BCUT2D eigenvalue weighted by Crippen LogP contribution is 2.17. The number of para-hydroxylation sites is 1. The monoisotopic (exact) mass is 314 g/mol.